The lowest BCUT2D eigenvalue weighted by molar-refractivity contribution is -0.125. The Bertz CT molecular complexity index is 211. The number of nitrogens with two attached hydrogens (primary N) is 1. The van der Waals surface area contributed by atoms with Crippen molar-refractivity contribution in [3.63, 3.8) is 0 Å². The number of carbonyl (C=O) groups excluding carboxylic acids is 1. The van der Waals surface area contributed by atoms with Crippen LogP contribution in [-0.4, -0.2) is 18.0 Å². The van der Waals surface area contributed by atoms with Crippen LogP contribution in [0.4, 0.5) is 0 Å². The normalized spacial score (nSPS) is 27.7. The molecule has 0 unspecified atom stereocenters. The average molecular weight is 182 g/mol. The summed E-state index contributed by atoms with van der Waals surface area (Å²) in [5, 5.41) is 2.90. The van der Waals surface area contributed by atoms with Gasteiger partial charge in [-0.3, -0.25) is 4.79 Å². The number of allylic oxidation sites excluding steroid dienone is 1. The standard InChI is InChI=1S/C10H18N2O/c1-7(2)12-10(13)8-4-3-5-9(11)6-8/h3,5,7-9H,4,6,11H2,1-2H3,(H,12,13)/t8-,9-/m1/s1. The molecule has 3 heteroatoms. The predicted octanol–water partition coefficient (Wildman–Crippen LogP) is 0.804. The maximum Gasteiger partial charge on any atom is 0.223 e. The highest BCUT2D eigenvalue weighted by atomic mass is 16.1. The van der Waals surface area contributed by atoms with Crippen LogP contribution in [0.25, 0.3) is 0 Å². The quantitative estimate of drug-likeness (QED) is 0.621. The van der Waals surface area contributed by atoms with Gasteiger partial charge in [-0.2, -0.15) is 0 Å². The van der Waals surface area contributed by atoms with Crippen molar-refractivity contribution in [2.45, 2.75) is 38.8 Å². The molecule has 1 aliphatic carbocycles. The largest absolute Gasteiger partial charge is 0.354 e. The molecule has 1 rings (SSSR count). The van der Waals surface area contributed by atoms with Gasteiger partial charge in [0.15, 0.2) is 0 Å². The summed E-state index contributed by atoms with van der Waals surface area (Å²) in [4.78, 5) is 11.6. The summed E-state index contributed by atoms with van der Waals surface area (Å²) in [7, 11) is 0. The first-order valence-electron chi connectivity index (χ1n) is 4.82. The van der Waals surface area contributed by atoms with E-state index in [9.17, 15) is 4.79 Å². The van der Waals surface area contributed by atoms with E-state index in [2.05, 4.69) is 5.32 Å². The predicted molar refractivity (Wildman–Crippen MR) is 53.1 cm³/mol. The van der Waals surface area contributed by atoms with Gasteiger partial charge in [0.05, 0.1) is 0 Å². The SMILES string of the molecule is CC(C)NC(=O)[C@@H]1CC=C[C@@H](N)C1. The molecule has 0 aromatic heterocycles. The Hall–Kier alpha value is -0.830. The molecule has 3 nitrogen and oxygen atoms in total. The van der Waals surface area contributed by atoms with Gasteiger partial charge >= 0.3 is 0 Å². The summed E-state index contributed by atoms with van der Waals surface area (Å²) in [6.07, 6.45) is 5.57. The molecular weight excluding hydrogens is 164 g/mol. The van der Waals surface area contributed by atoms with E-state index < -0.39 is 0 Å². The Labute approximate surface area is 79.4 Å². The van der Waals surface area contributed by atoms with Crippen molar-refractivity contribution >= 4 is 5.91 Å². The number of amides is 1. The molecule has 1 amide bonds. The highest BCUT2D eigenvalue weighted by Crippen LogP contribution is 2.17. The molecule has 0 aromatic rings. The molecule has 13 heavy (non-hydrogen) atoms. The van der Waals surface area contributed by atoms with E-state index >= 15 is 0 Å². The number of rotatable bonds is 2. The molecule has 2 atom stereocenters. The molecule has 0 saturated carbocycles. The van der Waals surface area contributed by atoms with Crippen molar-refractivity contribution < 1.29 is 4.79 Å². The lowest BCUT2D eigenvalue weighted by Gasteiger charge is -2.22. The van der Waals surface area contributed by atoms with Crippen LogP contribution < -0.4 is 11.1 Å². The van der Waals surface area contributed by atoms with Crippen LogP contribution in [-0.2, 0) is 4.79 Å². The van der Waals surface area contributed by atoms with Gasteiger partial charge in [-0.05, 0) is 26.7 Å². The van der Waals surface area contributed by atoms with E-state index in [0.717, 1.165) is 12.8 Å². The van der Waals surface area contributed by atoms with Crippen molar-refractivity contribution in [2.75, 3.05) is 0 Å². The second-order valence-corrected chi connectivity index (χ2v) is 3.92. The maximum atomic E-state index is 11.6. The first-order valence-corrected chi connectivity index (χ1v) is 4.82. The lowest BCUT2D eigenvalue weighted by atomic mass is 9.90. The van der Waals surface area contributed by atoms with Crippen LogP contribution in [0.15, 0.2) is 12.2 Å². The van der Waals surface area contributed by atoms with Crippen molar-refractivity contribution in [1.82, 2.24) is 5.32 Å². The average Bonchev–Trinajstić information content (AvgIpc) is 2.03. The summed E-state index contributed by atoms with van der Waals surface area (Å²) < 4.78 is 0. The third-order valence-corrected chi connectivity index (χ3v) is 2.16. The van der Waals surface area contributed by atoms with Crippen LogP contribution in [0.5, 0.6) is 0 Å². The molecule has 0 spiro atoms. The zero-order valence-electron chi connectivity index (χ0n) is 8.29. The number of nitrogens with one attached hydrogen (secondary N) is 1. The third-order valence-electron chi connectivity index (χ3n) is 2.16. The molecule has 3 N–H and O–H groups in total. The van der Waals surface area contributed by atoms with E-state index in [-0.39, 0.29) is 23.9 Å². The number of hydrogen-bond acceptors (Lipinski definition) is 2. The summed E-state index contributed by atoms with van der Waals surface area (Å²) in [5.74, 6) is 0.206. The minimum Gasteiger partial charge on any atom is -0.354 e. The monoisotopic (exact) mass is 182 g/mol. The molecule has 0 saturated heterocycles. The second-order valence-electron chi connectivity index (χ2n) is 3.92. The lowest BCUT2D eigenvalue weighted by Crippen LogP contribution is -2.39. The van der Waals surface area contributed by atoms with Gasteiger partial charge in [0, 0.05) is 18.0 Å². The summed E-state index contributed by atoms with van der Waals surface area (Å²) >= 11 is 0. The van der Waals surface area contributed by atoms with Gasteiger partial charge in [-0.25, -0.2) is 0 Å². The van der Waals surface area contributed by atoms with Gasteiger partial charge in [0.25, 0.3) is 0 Å². The van der Waals surface area contributed by atoms with E-state index in [1.807, 2.05) is 26.0 Å². The topological polar surface area (TPSA) is 55.1 Å². The van der Waals surface area contributed by atoms with Gasteiger partial charge in [-0.15, -0.1) is 0 Å². The molecule has 1 aliphatic rings. The molecule has 0 aliphatic heterocycles. The van der Waals surface area contributed by atoms with E-state index in [1.165, 1.54) is 0 Å². The Morgan fingerprint density at radius 3 is 2.85 bits per heavy atom. The van der Waals surface area contributed by atoms with Gasteiger partial charge in [0.1, 0.15) is 0 Å². The van der Waals surface area contributed by atoms with Crippen LogP contribution in [0.2, 0.25) is 0 Å². The minimum atomic E-state index is 0.0525. The zero-order chi connectivity index (χ0) is 9.84. The Balaban J connectivity index is 2.44. The van der Waals surface area contributed by atoms with Gasteiger partial charge in [0.2, 0.25) is 5.91 Å². The summed E-state index contributed by atoms with van der Waals surface area (Å²) in [6.45, 7) is 3.94. The van der Waals surface area contributed by atoms with Crippen LogP contribution in [0, 0.1) is 5.92 Å². The fourth-order valence-corrected chi connectivity index (χ4v) is 1.54. The zero-order valence-corrected chi connectivity index (χ0v) is 8.29. The Morgan fingerprint density at radius 2 is 2.31 bits per heavy atom. The van der Waals surface area contributed by atoms with E-state index in [4.69, 9.17) is 5.73 Å². The molecule has 0 heterocycles. The van der Waals surface area contributed by atoms with Crippen molar-refractivity contribution in [1.29, 1.82) is 0 Å². The van der Waals surface area contributed by atoms with E-state index in [1.54, 1.807) is 0 Å². The highest BCUT2D eigenvalue weighted by molar-refractivity contribution is 5.79. The first kappa shape index (κ1) is 10.3. The summed E-state index contributed by atoms with van der Waals surface area (Å²) in [6, 6.07) is 0.270. The number of carbonyl (C=O) groups is 1. The minimum absolute atomic E-state index is 0.0525. The third kappa shape index (κ3) is 3.19. The van der Waals surface area contributed by atoms with Crippen molar-refractivity contribution in [2.24, 2.45) is 11.7 Å². The highest BCUT2D eigenvalue weighted by Gasteiger charge is 2.22. The fraction of sp³-hybridized carbons (Fsp3) is 0.700. The maximum absolute atomic E-state index is 11.6. The van der Waals surface area contributed by atoms with Crippen LogP contribution in [0.3, 0.4) is 0 Å². The first-order chi connectivity index (χ1) is 6.09. The van der Waals surface area contributed by atoms with Crippen LogP contribution in [0.1, 0.15) is 26.7 Å². The van der Waals surface area contributed by atoms with Crippen molar-refractivity contribution in [3.8, 4) is 0 Å². The Morgan fingerprint density at radius 1 is 1.62 bits per heavy atom. The molecule has 0 aromatic carbocycles. The fourth-order valence-electron chi connectivity index (χ4n) is 1.54. The molecule has 74 valence electrons. The van der Waals surface area contributed by atoms with Crippen molar-refractivity contribution in [3.05, 3.63) is 12.2 Å². The molecule has 0 fully saturated rings. The molecular formula is C10H18N2O. The Kier molecular flexibility index (Phi) is 3.48. The second kappa shape index (κ2) is 4.42. The molecule has 0 radical (unpaired) electrons. The van der Waals surface area contributed by atoms with E-state index in [0.29, 0.717) is 0 Å². The molecule has 0 bridgehead atoms. The van der Waals surface area contributed by atoms with Gasteiger partial charge < -0.3 is 11.1 Å². The van der Waals surface area contributed by atoms with Gasteiger partial charge in [-0.1, -0.05) is 12.2 Å². The smallest absolute Gasteiger partial charge is 0.223 e. The summed E-state index contributed by atoms with van der Waals surface area (Å²) in [5.41, 5.74) is 5.73. The van der Waals surface area contributed by atoms with Crippen LogP contribution >= 0.6 is 0 Å². The number of hydrogen-bond donors (Lipinski definition) is 2.